The fraction of sp³-hybridized carbons (Fsp3) is 0.727. The molecule has 2 unspecified atom stereocenters. The smallest absolute Gasteiger partial charge is 0.326 e. The number of nitrogens with one attached hydrogen (secondary N) is 2. The van der Waals surface area contributed by atoms with Crippen molar-refractivity contribution in [2.75, 3.05) is 20.6 Å². The Kier molecular flexibility index (Phi) is 7.50. The number of hydrogen-bond donors (Lipinski definition) is 4. The Morgan fingerprint density at radius 2 is 1.84 bits per heavy atom. The molecule has 0 saturated carbocycles. The van der Waals surface area contributed by atoms with Crippen molar-refractivity contribution < 1.29 is 19.5 Å². The number of hydrogen-bond acceptors (Lipinski definition) is 4. The minimum absolute atomic E-state index is 0.106. The predicted octanol–water partition coefficient (Wildman–Crippen LogP) is -1.05. The van der Waals surface area contributed by atoms with Gasteiger partial charge in [-0.3, -0.25) is 4.79 Å². The zero-order valence-electron chi connectivity index (χ0n) is 11.5. The third-order valence-electron chi connectivity index (χ3n) is 2.40. The molecule has 0 aromatic carbocycles. The van der Waals surface area contributed by atoms with Crippen molar-refractivity contribution in [3.8, 4) is 0 Å². The zero-order chi connectivity index (χ0) is 15.0. The third-order valence-corrected chi connectivity index (χ3v) is 2.40. The fourth-order valence-corrected chi connectivity index (χ4v) is 1.35. The summed E-state index contributed by atoms with van der Waals surface area (Å²) in [6, 6.07) is -2.04. The number of urea groups is 1. The van der Waals surface area contributed by atoms with Gasteiger partial charge in [0.15, 0.2) is 0 Å². The van der Waals surface area contributed by atoms with Crippen LogP contribution in [0, 0.1) is 0 Å². The molecule has 8 nitrogen and oxygen atoms in total. The minimum atomic E-state index is -1.31. The summed E-state index contributed by atoms with van der Waals surface area (Å²) in [6.45, 7) is 2.61. The molecule has 0 rings (SSSR count). The van der Waals surface area contributed by atoms with E-state index in [-0.39, 0.29) is 6.04 Å². The molecule has 3 amide bonds. The van der Waals surface area contributed by atoms with E-state index in [1.54, 1.807) is 0 Å². The summed E-state index contributed by atoms with van der Waals surface area (Å²) in [6.07, 6.45) is 0.294. The van der Waals surface area contributed by atoms with Gasteiger partial charge in [0.05, 0.1) is 6.42 Å². The predicted molar refractivity (Wildman–Crippen MR) is 69.5 cm³/mol. The first-order valence-corrected chi connectivity index (χ1v) is 5.95. The molecule has 0 heterocycles. The van der Waals surface area contributed by atoms with Crippen LogP contribution in [0.5, 0.6) is 0 Å². The number of carboxylic acid groups (broad SMARTS) is 1. The molecule has 110 valence electrons. The lowest BCUT2D eigenvalue weighted by atomic mass is 10.2. The average Bonchev–Trinajstić information content (AvgIpc) is 2.24. The van der Waals surface area contributed by atoms with Gasteiger partial charge < -0.3 is 26.4 Å². The average molecular weight is 274 g/mol. The first-order valence-electron chi connectivity index (χ1n) is 5.95. The highest BCUT2D eigenvalue weighted by molar-refractivity contribution is 5.87. The van der Waals surface area contributed by atoms with Crippen LogP contribution in [-0.4, -0.2) is 60.6 Å². The van der Waals surface area contributed by atoms with Gasteiger partial charge in [-0.2, -0.15) is 0 Å². The maximum Gasteiger partial charge on any atom is 0.326 e. The normalized spacial score (nSPS) is 13.7. The molecule has 0 saturated heterocycles. The molecule has 5 N–H and O–H groups in total. The first kappa shape index (κ1) is 17.2. The van der Waals surface area contributed by atoms with Gasteiger partial charge in [0, 0.05) is 6.04 Å². The van der Waals surface area contributed by atoms with Gasteiger partial charge in [0.25, 0.3) is 0 Å². The Labute approximate surface area is 112 Å². The first-order chi connectivity index (χ1) is 8.72. The van der Waals surface area contributed by atoms with Crippen molar-refractivity contribution in [1.29, 1.82) is 0 Å². The number of nitrogens with zero attached hydrogens (tertiary/aromatic N) is 1. The Morgan fingerprint density at radius 3 is 2.26 bits per heavy atom. The molecular weight excluding hydrogens is 252 g/mol. The SMILES string of the molecule is CC(CCN(C)C)NC(=O)NC(CC(N)=O)C(=O)O. The van der Waals surface area contributed by atoms with E-state index in [1.807, 2.05) is 25.9 Å². The van der Waals surface area contributed by atoms with Crippen molar-refractivity contribution in [2.45, 2.75) is 31.8 Å². The van der Waals surface area contributed by atoms with E-state index >= 15 is 0 Å². The maximum absolute atomic E-state index is 11.5. The third kappa shape index (κ3) is 8.83. The van der Waals surface area contributed by atoms with Crippen molar-refractivity contribution in [2.24, 2.45) is 5.73 Å². The lowest BCUT2D eigenvalue weighted by molar-refractivity contribution is -0.140. The summed E-state index contributed by atoms with van der Waals surface area (Å²) in [5.41, 5.74) is 4.91. The molecule has 0 spiro atoms. The zero-order valence-corrected chi connectivity index (χ0v) is 11.5. The van der Waals surface area contributed by atoms with Gasteiger partial charge in [-0.15, -0.1) is 0 Å². The van der Waals surface area contributed by atoms with Gasteiger partial charge in [0.1, 0.15) is 6.04 Å². The van der Waals surface area contributed by atoms with Gasteiger partial charge in [-0.25, -0.2) is 9.59 Å². The Bertz CT molecular complexity index is 333. The Morgan fingerprint density at radius 1 is 1.26 bits per heavy atom. The van der Waals surface area contributed by atoms with Crippen LogP contribution in [0.25, 0.3) is 0 Å². The quantitative estimate of drug-likeness (QED) is 0.449. The van der Waals surface area contributed by atoms with E-state index < -0.39 is 30.4 Å². The highest BCUT2D eigenvalue weighted by atomic mass is 16.4. The van der Waals surface area contributed by atoms with E-state index in [0.717, 1.165) is 13.0 Å². The summed E-state index contributed by atoms with van der Waals surface area (Å²) in [7, 11) is 3.83. The number of amides is 3. The standard InChI is InChI=1S/C11H22N4O4/c1-7(4-5-15(2)3)13-11(19)14-8(10(17)18)6-9(12)16/h7-8H,4-6H2,1-3H3,(H2,12,16)(H,17,18)(H2,13,14,19). The molecule has 0 aliphatic heterocycles. The molecule has 0 aliphatic carbocycles. The van der Waals surface area contributed by atoms with Crippen LogP contribution >= 0.6 is 0 Å². The van der Waals surface area contributed by atoms with Gasteiger partial charge in [-0.1, -0.05) is 0 Å². The van der Waals surface area contributed by atoms with E-state index in [4.69, 9.17) is 10.8 Å². The summed E-state index contributed by atoms with van der Waals surface area (Å²) in [5.74, 6) is -2.08. The number of nitrogens with two attached hydrogens (primary N) is 1. The molecule has 19 heavy (non-hydrogen) atoms. The highest BCUT2D eigenvalue weighted by Crippen LogP contribution is 1.95. The Balaban J connectivity index is 4.18. The molecule has 0 aliphatic rings. The van der Waals surface area contributed by atoms with Crippen LogP contribution in [-0.2, 0) is 9.59 Å². The van der Waals surface area contributed by atoms with E-state index in [2.05, 4.69) is 10.6 Å². The van der Waals surface area contributed by atoms with Crippen LogP contribution in [0.15, 0.2) is 0 Å². The second-order valence-electron chi connectivity index (χ2n) is 4.67. The van der Waals surface area contributed by atoms with Crippen LogP contribution in [0.2, 0.25) is 0 Å². The molecule has 0 radical (unpaired) electrons. The number of carboxylic acids is 1. The maximum atomic E-state index is 11.5. The van der Waals surface area contributed by atoms with Gasteiger partial charge in [-0.05, 0) is 34.0 Å². The topological polar surface area (TPSA) is 125 Å². The lowest BCUT2D eigenvalue weighted by Gasteiger charge is -2.19. The molecule has 0 aromatic rings. The molecule has 0 fully saturated rings. The minimum Gasteiger partial charge on any atom is -0.480 e. The lowest BCUT2D eigenvalue weighted by Crippen LogP contribution is -2.50. The largest absolute Gasteiger partial charge is 0.480 e. The van der Waals surface area contributed by atoms with E-state index in [0.29, 0.717) is 0 Å². The molecule has 2 atom stereocenters. The van der Waals surface area contributed by atoms with Crippen molar-refractivity contribution >= 4 is 17.9 Å². The summed E-state index contributed by atoms with van der Waals surface area (Å²) < 4.78 is 0. The van der Waals surface area contributed by atoms with Crippen LogP contribution < -0.4 is 16.4 Å². The van der Waals surface area contributed by atoms with Crippen molar-refractivity contribution in [1.82, 2.24) is 15.5 Å². The van der Waals surface area contributed by atoms with E-state index in [1.165, 1.54) is 0 Å². The fourth-order valence-electron chi connectivity index (χ4n) is 1.35. The van der Waals surface area contributed by atoms with Gasteiger partial charge in [0.2, 0.25) is 5.91 Å². The second-order valence-corrected chi connectivity index (χ2v) is 4.67. The monoisotopic (exact) mass is 274 g/mol. The van der Waals surface area contributed by atoms with Gasteiger partial charge >= 0.3 is 12.0 Å². The molecule has 8 heteroatoms. The summed E-state index contributed by atoms with van der Waals surface area (Å²) in [5, 5.41) is 13.6. The Hall–Kier alpha value is -1.83. The summed E-state index contributed by atoms with van der Waals surface area (Å²) >= 11 is 0. The van der Waals surface area contributed by atoms with Crippen LogP contribution in [0.1, 0.15) is 19.8 Å². The number of primary amides is 1. The number of carbonyl (C=O) groups is 3. The van der Waals surface area contributed by atoms with Crippen molar-refractivity contribution in [3.63, 3.8) is 0 Å². The molecular formula is C11H22N4O4. The second kappa shape index (κ2) is 8.30. The summed E-state index contributed by atoms with van der Waals surface area (Å²) in [4.78, 5) is 35.0. The number of rotatable bonds is 8. The van der Waals surface area contributed by atoms with Crippen LogP contribution in [0.3, 0.4) is 0 Å². The highest BCUT2D eigenvalue weighted by Gasteiger charge is 2.22. The molecule has 0 aromatic heterocycles. The number of carbonyl (C=O) groups excluding carboxylic acids is 2. The number of aliphatic carboxylic acids is 1. The van der Waals surface area contributed by atoms with Crippen molar-refractivity contribution in [3.05, 3.63) is 0 Å². The molecule has 0 bridgehead atoms. The van der Waals surface area contributed by atoms with Crippen LogP contribution in [0.4, 0.5) is 4.79 Å². The van der Waals surface area contributed by atoms with E-state index in [9.17, 15) is 14.4 Å².